The Labute approximate surface area is 224 Å². The fourth-order valence-electron chi connectivity index (χ4n) is 6.07. The molecular formula is C28H35N5O4S. The van der Waals surface area contributed by atoms with E-state index in [0.29, 0.717) is 62.7 Å². The number of aryl methyl sites for hydroxylation is 1. The summed E-state index contributed by atoms with van der Waals surface area (Å²) in [6.07, 6.45) is 5.65. The maximum atomic E-state index is 13.8. The zero-order valence-electron chi connectivity index (χ0n) is 22.0. The molecule has 10 heteroatoms. The minimum atomic E-state index is -3.50. The Kier molecular flexibility index (Phi) is 6.32. The molecule has 2 atom stereocenters. The van der Waals surface area contributed by atoms with E-state index >= 15 is 0 Å². The number of carbonyl (C=O) groups is 2. The first kappa shape index (κ1) is 25.2. The average Bonchev–Trinajstić information content (AvgIpc) is 3.61. The number of benzene rings is 1. The summed E-state index contributed by atoms with van der Waals surface area (Å²) in [5.74, 6) is 1.12. The molecule has 202 valence electrons. The topological polar surface area (TPSA) is 103 Å². The molecule has 0 spiro atoms. The third-order valence-corrected chi connectivity index (χ3v) is 10.2. The van der Waals surface area contributed by atoms with E-state index in [1.54, 1.807) is 17.0 Å². The van der Waals surface area contributed by atoms with Gasteiger partial charge in [-0.3, -0.25) is 13.9 Å². The first-order valence-corrected chi connectivity index (χ1v) is 15.3. The van der Waals surface area contributed by atoms with Gasteiger partial charge in [0.05, 0.1) is 22.9 Å². The Morgan fingerprint density at radius 1 is 1.05 bits per heavy atom. The number of carbonyl (C=O) groups excluding carboxylic acids is 2. The molecule has 6 rings (SSSR count). The Morgan fingerprint density at radius 3 is 2.42 bits per heavy atom. The van der Waals surface area contributed by atoms with Gasteiger partial charge in [-0.2, -0.15) is 0 Å². The summed E-state index contributed by atoms with van der Waals surface area (Å²) >= 11 is 0. The molecule has 1 N–H and O–H groups in total. The highest BCUT2D eigenvalue weighted by molar-refractivity contribution is 7.93. The predicted octanol–water partition coefficient (Wildman–Crippen LogP) is 2.76. The lowest BCUT2D eigenvalue weighted by atomic mass is 9.94. The standard InChI is InChI=1S/C28H35N5O4S/c1-18-14-22(20-4-5-20)17-29-26(18)31-9-11-32(12-10-31)28(35)23-7-6-21(24-15-19(2)30-27(24)34)16-25(23)33-8-3-13-38(33,36)37/h6-7,14,16-17,19-20,24H,3-5,8-13,15H2,1-2H3,(H,30,34)/t19?,24-/m0/s1. The third kappa shape index (κ3) is 4.63. The van der Waals surface area contributed by atoms with E-state index < -0.39 is 10.0 Å². The summed E-state index contributed by atoms with van der Waals surface area (Å²) in [5.41, 5.74) is 4.01. The minimum Gasteiger partial charge on any atom is -0.353 e. The summed E-state index contributed by atoms with van der Waals surface area (Å²) in [5, 5.41) is 2.94. The van der Waals surface area contributed by atoms with Gasteiger partial charge in [0.15, 0.2) is 0 Å². The fourth-order valence-corrected chi connectivity index (χ4v) is 7.64. The molecule has 1 aromatic carbocycles. The summed E-state index contributed by atoms with van der Waals surface area (Å²) in [6.45, 7) is 6.79. The molecule has 3 saturated heterocycles. The minimum absolute atomic E-state index is 0.0583. The molecule has 1 saturated carbocycles. The monoisotopic (exact) mass is 537 g/mol. The quantitative estimate of drug-likeness (QED) is 0.629. The van der Waals surface area contributed by atoms with Gasteiger partial charge in [0.2, 0.25) is 15.9 Å². The second-order valence-electron chi connectivity index (χ2n) is 11.2. The number of rotatable bonds is 5. The van der Waals surface area contributed by atoms with Gasteiger partial charge in [0, 0.05) is 45.0 Å². The van der Waals surface area contributed by atoms with Gasteiger partial charge in [-0.1, -0.05) is 12.1 Å². The number of sulfonamides is 1. The molecule has 4 fully saturated rings. The highest BCUT2D eigenvalue weighted by Gasteiger charge is 2.36. The summed E-state index contributed by atoms with van der Waals surface area (Å²) in [6, 6.07) is 7.58. The highest BCUT2D eigenvalue weighted by Crippen LogP contribution is 2.41. The Balaban J connectivity index is 1.23. The number of anilines is 2. The Hall–Kier alpha value is -3.14. The molecule has 0 radical (unpaired) electrons. The van der Waals surface area contributed by atoms with Crippen LogP contribution >= 0.6 is 0 Å². The number of pyridine rings is 1. The third-order valence-electron chi connectivity index (χ3n) is 8.30. The van der Waals surface area contributed by atoms with Crippen molar-refractivity contribution in [3.8, 4) is 0 Å². The van der Waals surface area contributed by atoms with E-state index in [-0.39, 0.29) is 29.5 Å². The van der Waals surface area contributed by atoms with E-state index in [1.807, 2.05) is 19.2 Å². The van der Waals surface area contributed by atoms with E-state index in [4.69, 9.17) is 4.98 Å². The van der Waals surface area contributed by atoms with Crippen LogP contribution in [0.2, 0.25) is 0 Å². The molecular weight excluding hydrogens is 502 g/mol. The molecule has 1 aromatic heterocycles. The van der Waals surface area contributed by atoms with Crippen LogP contribution in [0, 0.1) is 6.92 Å². The molecule has 9 nitrogen and oxygen atoms in total. The number of hydrogen-bond donors (Lipinski definition) is 1. The molecule has 1 unspecified atom stereocenters. The first-order chi connectivity index (χ1) is 18.2. The van der Waals surface area contributed by atoms with Gasteiger partial charge in [-0.05, 0) is 74.3 Å². The van der Waals surface area contributed by atoms with Crippen molar-refractivity contribution < 1.29 is 18.0 Å². The largest absolute Gasteiger partial charge is 0.353 e. The normalized spacial score (nSPS) is 25.1. The van der Waals surface area contributed by atoms with E-state index in [9.17, 15) is 18.0 Å². The van der Waals surface area contributed by atoms with Crippen LogP contribution in [0.1, 0.15) is 71.5 Å². The van der Waals surface area contributed by atoms with Crippen molar-refractivity contribution in [3.05, 3.63) is 52.7 Å². The van der Waals surface area contributed by atoms with Crippen molar-refractivity contribution in [1.29, 1.82) is 0 Å². The SMILES string of the molecule is Cc1cc(C2CC2)cnc1N1CCN(C(=O)c2ccc([C@@H]3CC(C)NC3=O)cc2N2CCCS2(=O)=O)CC1. The zero-order valence-corrected chi connectivity index (χ0v) is 22.8. The number of nitrogens with one attached hydrogen (secondary N) is 1. The molecule has 2 amide bonds. The van der Waals surface area contributed by atoms with Crippen LogP contribution < -0.4 is 14.5 Å². The van der Waals surface area contributed by atoms with Crippen molar-refractivity contribution >= 4 is 33.3 Å². The Morgan fingerprint density at radius 2 is 1.82 bits per heavy atom. The first-order valence-electron chi connectivity index (χ1n) is 13.7. The maximum Gasteiger partial charge on any atom is 0.256 e. The van der Waals surface area contributed by atoms with Gasteiger partial charge in [0.25, 0.3) is 5.91 Å². The molecule has 3 aliphatic heterocycles. The highest BCUT2D eigenvalue weighted by atomic mass is 32.2. The van der Waals surface area contributed by atoms with Crippen LogP contribution in [0.25, 0.3) is 0 Å². The lowest BCUT2D eigenvalue weighted by Crippen LogP contribution is -2.49. The number of amides is 2. The van der Waals surface area contributed by atoms with Gasteiger partial charge < -0.3 is 15.1 Å². The van der Waals surface area contributed by atoms with Crippen molar-refractivity contribution in [2.75, 3.05) is 47.7 Å². The average molecular weight is 538 g/mol. The van der Waals surface area contributed by atoms with Gasteiger partial charge in [-0.15, -0.1) is 0 Å². The van der Waals surface area contributed by atoms with Gasteiger partial charge in [0.1, 0.15) is 5.82 Å². The van der Waals surface area contributed by atoms with Crippen molar-refractivity contribution in [1.82, 2.24) is 15.2 Å². The van der Waals surface area contributed by atoms with Crippen LogP contribution in [0.4, 0.5) is 11.5 Å². The van der Waals surface area contributed by atoms with E-state index in [1.165, 1.54) is 22.7 Å². The predicted molar refractivity (Wildman–Crippen MR) is 146 cm³/mol. The zero-order chi connectivity index (χ0) is 26.6. The lowest BCUT2D eigenvalue weighted by Gasteiger charge is -2.36. The molecule has 2 aromatic rings. The summed E-state index contributed by atoms with van der Waals surface area (Å²) in [4.78, 5) is 35.1. The number of piperazine rings is 1. The fraction of sp³-hybridized carbons (Fsp3) is 0.536. The molecule has 0 bridgehead atoms. The maximum absolute atomic E-state index is 13.8. The number of aromatic nitrogens is 1. The molecule has 1 aliphatic carbocycles. The van der Waals surface area contributed by atoms with Crippen LogP contribution in [0.15, 0.2) is 30.5 Å². The Bertz CT molecular complexity index is 1380. The van der Waals surface area contributed by atoms with Gasteiger partial charge >= 0.3 is 0 Å². The van der Waals surface area contributed by atoms with Gasteiger partial charge in [-0.25, -0.2) is 13.4 Å². The molecule has 4 heterocycles. The van der Waals surface area contributed by atoms with E-state index in [0.717, 1.165) is 16.9 Å². The van der Waals surface area contributed by atoms with E-state index in [2.05, 4.69) is 23.2 Å². The summed E-state index contributed by atoms with van der Waals surface area (Å²) in [7, 11) is -3.50. The number of nitrogens with zero attached hydrogens (tertiary/aromatic N) is 4. The summed E-state index contributed by atoms with van der Waals surface area (Å²) < 4.78 is 27.1. The smallest absolute Gasteiger partial charge is 0.256 e. The van der Waals surface area contributed by atoms with Crippen LogP contribution in [0.3, 0.4) is 0 Å². The van der Waals surface area contributed by atoms with Crippen molar-refractivity contribution in [2.24, 2.45) is 0 Å². The van der Waals surface area contributed by atoms with Crippen LogP contribution in [0.5, 0.6) is 0 Å². The van der Waals surface area contributed by atoms with Crippen molar-refractivity contribution in [3.63, 3.8) is 0 Å². The molecule has 4 aliphatic rings. The van der Waals surface area contributed by atoms with Crippen LogP contribution in [-0.2, 0) is 14.8 Å². The second kappa shape index (κ2) is 9.55. The second-order valence-corrected chi connectivity index (χ2v) is 13.2. The number of hydrogen-bond acceptors (Lipinski definition) is 6. The van der Waals surface area contributed by atoms with Crippen LogP contribution in [-0.4, -0.2) is 74.6 Å². The van der Waals surface area contributed by atoms with Crippen molar-refractivity contribution in [2.45, 2.75) is 57.4 Å². The molecule has 38 heavy (non-hydrogen) atoms. The lowest BCUT2D eigenvalue weighted by molar-refractivity contribution is -0.120.